The van der Waals surface area contributed by atoms with Crippen molar-refractivity contribution < 1.29 is 8.78 Å². The fourth-order valence-corrected chi connectivity index (χ4v) is 3.26. The van der Waals surface area contributed by atoms with Crippen LogP contribution in [0.5, 0.6) is 0 Å². The predicted molar refractivity (Wildman–Crippen MR) is 85.9 cm³/mol. The van der Waals surface area contributed by atoms with Gasteiger partial charge in [0.2, 0.25) is 0 Å². The topological polar surface area (TPSA) is 17.0 Å². The lowest BCUT2D eigenvalue weighted by molar-refractivity contribution is 0.509. The molecule has 1 aromatic heterocycles. The largest absolute Gasteiger partial charge is 0.354 e. The van der Waals surface area contributed by atoms with Gasteiger partial charge in [-0.1, -0.05) is 6.58 Å². The zero-order valence-corrected chi connectivity index (χ0v) is 13.0. The van der Waals surface area contributed by atoms with Gasteiger partial charge in [0.05, 0.1) is 11.4 Å². The van der Waals surface area contributed by atoms with E-state index in [9.17, 15) is 8.78 Å². The Labute approximate surface area is 129 Å². The van der Waals surface area contributed by atoms with Crippen molar-refractivity contribution in [2.75, 3.05) is 5.32 Å². The summed E-state index contributed by atoms with van der Waals surface area (Å²) in [4.78, 5) is 0. The maximum absolute atomic E-state index is 13.3. The highest BCUT2D eigenvalue weighted by molar-refractivity contribution is 5.76. The van der Waals surface area contributed by atoms with Gasteiger partial charge in [0.1, 0.15) is 0 Å². The average Bonchev–Trinajstić information content (AvgIpc) is 2.75. The van der Waals surface area contributed by atoms with Gasteiger partial charge in [-0.25, -0.2) is 8.78 Å². The van der Waals surface area contributed by atoms with E-state index in [-0.39, 0.29) is 0 Å². The van der Waals surface area contributed by atoms with Crippen molar-refractivity contribution in [3.8, 4) is 0 Å². The van der Waals surface area contributed by atoms with Crippen LogP contribution < -0.4 is 5.32 Å². The molecule has 2 nitrogen and oxygen atoms in total. The van der Waals surface area contributed by atoms with Gasteiger partial charge in [-0.2, -0.15) is 0 Å². The fraction of sp³-hybridized carbons (Fsp3) is 0.333. The Morgan fingerprint density at radius 3 is 2.64 bits per heavy atom. The number of nitrogens with zero attached hydrogens (tertiary/aromatic N) is 1. The van der Waals surface area contributed by atoms with Crippen molar-refractivity contribution in [2.45, 2.75) is 39.7 Å². The van der Waals surface area contributed by atoms with Crippen molar-refractivity contribution in [3.63, 3.8) is 0 Å². The quantitative estimate of drug-likeness (QED) is 0.861. The SMILES string of the molecule is C=C(Nc1ccc(F)c(F)c1)c1c(C)c(C)c2n1CCCC2. The summed E-state index contributed by atoms with van der Waals surface area (Å²) in [6.07, 6.45) is 3.46. The molecule has 0 saturated heterocycles. The number of rotatable bonds is 3. The molecule has 0 bridgehead atoms. The summed E-state index contributed by atoms with van der Waals surface area (Å²) >= 11 is 0. The normalized spacial score (nSPS) is 13.8. The van der Waals surface area contributed by atoms with Gasteiger partial charge in [0.15, 0.2) is 11.6 Å². The summed E-state index contributed by atoms with van der Waals surface area (Å²) in [6.45, 7) is 9.32. The second-order valence-electron chi connectivity index (χ2n) is 5.89. The van der Waals surface area contributed by atoms with E-state index in [0.717, 1.165) is 42.9 Å². The van der Waals surface area contributed by atoms with Crippen LogP contribution in [-0.2, 0) is 13.0 Å². The fourth-order valence-electron chi connectivity index (χ4n) is 3.26. The highest BCUT2D eigenvalue weighted by Crippen LogP contribution is 2.31. The minimum absolute atomic E-state index is 0.507. The van der Waals surface area contributed by atoms with Gasteiger partial charge in [0, 0.05) is 24.0 Å². The first-order chi connectivity index (χ1) is 10.5. The molecule has 22 heavy (non-hydrogen) atoms. The molecule has 0 amide bonds. The molecule has 1 aromatic carbocycles. The number of anilines is 1. The van der Waals surface area contributed by atoms with Crippen LogP contribution in [0.3, 0.4) is 0 Å². The van der Waals surface area contributed by atoms with Crippen molar-refractivity contribution >= 4 is 11.4 Å². The van der Waals surface area contributed by atoms with Gasteiger partial charge in [0.25, 0.3) is 0 Å². The molecule has 0 spiro atoms. The lowest BCUT2D eigenvalue weighted by Crippen LogP contribution is -2.14. The first-order valence-electron chi connectivity index (χ1n) is 7.59. The number of halogens is 2. The van der Waals surface area contributed by atoms with Gasteiger partial charge in [-0.05, 0) is 56.4 Å². The van der Waals surface area contributed by atoms with Crippen LogP contribution in [-0.4, -0.2) is 4.57 Å². The number of fused-ring (bicyclic) bond motifs is 1. The molecule has 3 rings (SSSR count). The second-order valence-corrected chi connectivity index (χ2v) is 5.89. The Morgan fingerprint density at radius 2 is 1.91 bits per heavy atom. The van der Waals surface area contributed by atoms with Crippen LogP contribution in [0.25, 0.3) is 5.70 Å². The maximum Gasteiger partial charge on any atom is 0.160 e. The third-order valence-corrected chi connectivity index (χ3v) is 4.49. The average molecular weight is 302 g/mol. The maximum atomic E-state index is 13.3. The Kier molecular flexibility index (Phi) is 3.77. The molecule has 0 atom stereocenters. The van der Waals surface area contributed by atoms with Crippen LogP contribution in [0.1, 0.15) is 35.4 Å². The molecule has 2 heterocycles. The van der Waals surface area contributed by atoms with E-state index >= 15 is 0 Å². The van der Waals surface area contributed by atoms with Crippen LogP contribution >= 0.6 is 0 Å². The van der Waals surface area contributed by atoms with E-state index in [0.29, 0.717) is 5.69 Å². The summed E-state index contributed by atoms with van der Waals surface area (Å²) in [5.41, 5.74) is 6.18. The minimum Gasteiger partial charge on any atom is -0.354 e. The first-order valence-corrected chi connectivity index (χ1v) is 7.59. The molecule has 0 radical (unpaired) electrons. The molecule has 1 aliphatic rings. The Balaban J connectivity index is 1.94. The molecular formula is C18H20F2N2. The summed E-state index contributed by atoms with van der Waals surface area (Å²) in [5.74, 6) is -1.70. The zero-order chi connectivity index (χ0) is 15.9. The number of benzene rings is 1. The summed E-state index contributed by atoms with van der Waals surface area (Å²) < 4.78 is 28.7. The molecule has 0 saturated carbocycles. The highest BCUT2D eigenvalue weighted by Gasteiger charge is 2.21. The number of hydrogen-bond acceptors (Lipinski definition) is 1. The smallest absolute Gasteiger partial charge is 0.160 e. The van der Waals surface area contributed by atoms with E-state index in [1.807, 2.05) is 0 Å². The molecule has 4 heteroatoms. The predicted octanol–water partition coefficient (Wildman–Crippen LogP) is 4.80. The summed E-state index contributed by atoms with van der Waals surface area (Å²) in [5, 5.41) is 3.11. The first kappa shape index (κ1) is 14.8. The van der Waals surface area contributed by atoms with E-state index in [1.165, 1.54) is 29.3 Å². The molecule has 0 unspecified atom stereocenters. The van der Waals surface area contributed by atoms with Crippen LogP contribution in [0, 0.1) is 25.5 Å². The standard InChI is InChI=1S/C18H20F2N2/c1-11-12(2)18(22-9-5-4-6-17(11)22)13(3)21-14-7-8-15(19)16(20)10-14/h7-8,10,21H,3-6,9H2,1-2H3. The third-order valence-electron chi connectivity index (χ3n) is 4.49. The Morgan fingerprint density at radius 1 is 1.14 bits per heavy atom. The number of hydrogen-bond donors (Lipinski definition) is 1. The molecule has 1 N–H and O–H groups in total. The van der Waals surface area contributed by atoms with Crippen molar-refractivity contribution in [2.24, 2.45) is 0 Å². The Bertz CT molecular complexity index is 744. The van der Waals surface area contributed by atoms with Crippen molar-refractivity contribution in [3.05, 3.63) is 58.9 Å². The van der Waals surface area contributed by atoms with E-state index in [4.69, 9.17) is 0 Å². The summed E-state index contributed by atoms with van der Waals surface area (Å²) in [7, 11) is 0. The van der Waals surface area contributed by atoms with Crippen LogP contribution in [0.2, 0.25) is 0 Å². The number of aromatic nitrogens is 1. The molecule has 0 fully saturated rings. The Hall–Kier alpha value is -2.10. The minimum atomic E-state index is -0.858. The highest BCUT2D eigenvalue weighted by atomic mass is 19.2. The lowest BCUT2D eigenvalue weighted by atomic mass is 10.1. The third kappa shape index (κ3) is 2.43. The molecule has 116 valence electrons. The van der Waals surface area contributed by atoms with Gasteiger partial charge < -0.3 is 9.88 Å². The van der Waals surface area contributed by atoms with Crippen molar-refractivity contribution in [1.29, 1.82) is 0 Å². The van der Waals surface area contributed by atoms with Gasteiger partial charge in [-0.15, -0.1) is 0 Å². The second kappa shape index (κ2) is 5.59. The van der Waals surface area contributed by atoms with Crippen molar-refractivity contribution in [1.82, 2.24) is 4.57 Å². The molecule has 1 aliphatic heterocycles. The number of nitrogens with one attached hydrogen (secondary N) is 1. The van der Waals surface area contributed by atoms with Gasteiger partial charge in [-0.3, -0.25) is 0 Å². The molecular weight excluding hydrogens is 282 g/mol. The molecule has 2 aromatic rings. The lowest BCUT2D eigenvalue weighted by Gasteiger charge is -2.20. The monoisotopic (exact) mass is 302 g/mol. The van der Waals surface area contributed by atoms with Crippen LogP contribution in [0.15, 0.2) is 24.8 Å². The van der Waals surface area contributed by atoms with Gasteiger partial charge >= 0.3 is 0 Å². The van der Waals surface area contributed by atoms with E-state index in [1.54, 1.807) is 0 Å². The van der Waals surface area contributed by atoms with E-state index < -0.39 is 11.6 Å². The zero-order valence-electron chi connectivity index (χ0n) is 13.0. The van der Waals surface area contributed by atoms with Crippen LogP contribution in [0.4, 0.5) is 14.5 Å². The summed E-state index contributed by atoms with van der Waals surface area (Å²) in [6, 6.07) is 3.80. The van der Waals surface area contributed by atoms with E-state index in [2.05, 4.69) is 30.3 Å². The molecule has 0 aliphatic carbocycles.